The first-order chi connectivity index (χ1) is 18.1. The van der Waals surface area contributed by atoms with Gasteiger partial charge < -0.3 is 14.2 Å². The van der Waals surface area contributed by atoms with Crippen molar-refractivity contribution < 1.29 is 23.8 Å². The van der Waals surface area contributed by atoms with Crippen molar-refractivity contribution in [3.05, 3.63) is 124 Å². The Bertz CT molecular complexity index is 1360. The molecule has 0 aliphatic heterocycles. The molecular weight excluding hydrogens is 536 g/mol. The number of benzene rings is 4. The van der Waals surface area contributed by atoms with Crippen molar-refractivity contribution in [3.8, 4) is 17.2 Å². The van der Waals surface area contributed by atoms with Gasteiger partial charge in [0, 0.05) is 4.47 Å². The van der Waals surface area contributed by atoms with Crippen molar-refractivity contribution in [2.45, 2.75) is 6.61 Å². The van der Waals surface area contributed by atoms with Gasteiger partial charge in [0.05, 0.1) is 11.8 Å². The lowest BCUT2D eigenvalue weighted by atomic mass is 10.2. The fraction of sp³-hybridized carbons (Fsp3) is 0.0690. The predicted octanol–water partition coefficient (Wildman–Crippen LogP) is 5.78. The van der Waals surface area contributed by atoms with Crippen LogP contribution in [0.3, 0.4) is 0 Å². The molecule has 0 spiro atoms. The van der Waals surface area contributed by atoms with Gasteiger partial charge >= 0.3 is 5.97 Å². The number of rotatable bonds is 10. The van der Waals surface area contributed by atoms with Gasteiger partial charge in [0.15, 0.2) is 6.61 Å². The molecule has 0 bridgehead atoms. The van der Waals surface area contributed by atoms with E-state index in [9.17, 15) is 9.59 Å². The Morgan fingerprint density at radius 3 is 2.08 bits per heavy atom. The summed E-state index contributed by atoms with van der Waals surface area (Å²) in [5.74, 6) is 0.778. The van der Waals surface area contributed by atoms with Crippen LogP contribution in [0.25, 0.3) is 0 Å². The van der Waals surface area contributed by atoms with Gasteiger partial charge in [0.1, 0.15) is 23.9 Å². The number of amides is 1. The highest BCUT2D eigenvalue weighted by Gasteiger charge is 2.11. The van der Waals surface area contributed by atoms with Crippen LogP contribution in [0.2, 0.25) is 0 Å². The summed E-state index contributed by atoms with van der Waals surface area (Å²) in [6, 6.07) is 30.7. The third-order valence-corrected chi connectivity index (χ3v) is 5.72. The van der Waals surface area contributed by atoms with Gasteiger partial charge in [0.2, 0.25) is 0 Å². The molecule has 4 rings (SSSR count). The van der Waals surface area contributed by atoms with Crippen molar-refractivity contribution >= 4 is 34.0 Å². The summed E-state index contributed by atoms with van der Waals surface area (Å²) in [7, 11) is 0. The van der Waals surface area contributed by atoms with Crippen LogP contribution in [-0.4, -0.2) is 24.7 Å². The van der Waals surface area contributed by atoms with Gasteiger partial charge in [-0.15, -0.1) is 0 Å². The molecule has 1 amide bonds. The molecule has 0 aliphatic carbocycles. The molecule has 186 valence electrons. The summed E-state index contributed by atoms with van der Waals surface area (Å²) in [5, 5.41) is 3.93. The minimum atomic E-state index is -0.462. The second-order valence-electron chi connectivity index (χ2n) is 7.77. The Hall–Kier alpha value is -4.43. The van der Waals surface area contributed by atoms with Gasteiger partial charge in [-0.2, -0.15) is 5.10 Å². The standard InChI is InChI=1S/C29H23BrN2O5/c30-27-9-5-4-8-26(27)29(34)37-25-12-10-21(11-13-25)18-31-32-28(33)20-36-24-16-14-23(15-17-24)35-19-22-6-2-1-3-7-22/h1-18H,19-20H2,(H,32,33)/b31-18+. The molecule has 0 aromatic heterocycles. The minimum Gasteiger partial charge on any atom is -0.489 e. The normalized spacial score (nSPS) is 10.6. The number of esters is 1. The molecule has 0 radical (unpaired) electrons. The molecule has 4 aromatic carbocycles. The van der Waals surface area contributed by atoms with Crippen LogP contribution in [0.15, 0.2) is 113 Å². The summed E-state index contributed by atoms with van der Waals surface area (Å²) >= 11 is 3.34. The van der Waals surface area contributed by atoms with Gasteiger partial charge in [-0.05, 0) is 87.7 Å². The van der Waals surface area contributed by atoms with Crippen LogP contribution in [-0.2, 0) is 11.4 Å². The van der Waals surface area contributed by atoms with E-state index in [2.05, 4.69) is 26.5 Å². The third kappa shape index (κ3) is 8.05. The average molecular weight is 559 g/mol. The average Bonchev–Trinajstić information content (AvgIpc) is 2.93. The molecule has 8 heteroatoms. The Kier molecular flexibility index (Phi) is 9.04. The topological polar surface area (TPSA) is 86.2 Å². The maximum atomic E-state index is 12.3. The SMILES string of the molecule is O=C(COc1ccc(OCc2ccccc2)cc1)N/N=C/c1ccc(OC(=O)c2ccccc2Br)cc1. The zero-order chi connectivity index (χ0) is 25.9. The van der Waals surface area contributed by atoms with Crippen molar-refractivity contribution in [1.29, 1.82) is 0 Å². The first-order valence-corrected chi connectivity index (χ1v) is 12.1. The second-order valence-corrected chi connectivity index (χ2v) is 8.62. The van der Waals surface area contributed by atoms with Crippen LogP contribution < -0.4 is 19.6 Å². The molecule has 0 fully saturated rings. The fourth-order valence-corrected chi connectivity index (χ4v) is 3.59. The van der Waals surface area contributed by atoms with E-state index in [-0.39, 0.29) is 6.61 Å². The Morgan fingerprint density at radius 2 is 1.38 bits per heavy atom. The number of ether oxygens (including phenoxy) is 3. The second kappa shape index (κ2) is 13.0. The Morgan fingerprint density at radius 1 is 0.757 bits per heavy atom. The van der Waals surface area contributed by atoms with Crippen molar-refractivity contribution in [2.75, 3.05) is 6.61 Å². The third-order valence-electron chi connectivity index (χ3n) is 5.03. The number of halogens is 1. The first-order valence-electron chi connectivity index (χ1n) is 11.3. The minimum absolute atomic E-state index is 0.189. The van der Waals surface area contributed by atoms with Crippen LogP contribution in [0, 0.1) is 0 Å². The summed E-state index contributed by atoms with van der Waals surface area (Å²) < 4.78 is 17.3. The zero-order valence-electron chi connectivity index (χ0n) is 19.7. The van der Waals surface area contributed by atoms with E-state index >= 15 is 0 Å². The van der Waals surface area contributed by atoms with Gasteiger partial charge in [-0.3, -0.25) is 4.79 Å². The maximum absolute atomic E-state index is 12.3. The zero-order valence-corrected chi connectivity index (χ0v) is 21.3. The Balaban J connectivity index is 1.18. The number of carbonyl (C=O) groups excluding carboxylic acids is 2. The molecule has 7 nitrogen and oxygen atoms in total. The number of nitrogens with zero attached hydrogens (tertiary/aromatic N) is 1. The molecule has 37 heavy (non-hydrogen) atoms. The highest BCUT2D eigenvalue weighted by atomic mass is 79.9. The van der Waals surface area contributed by atoms with E-state index in [1.54, 1.807) is 66.7 Å². The predicted molar refractivity (Wildman–Crippen MR) is 144 cm³/mol. The number of carbonyl (C=O) groups is 2. The van der Waals surface area contributed by atoms with E-state index in [0.29, 0.717) is 39.5 Å². The largest absolute Gasteiger partial charge is 0.489 e. The number of nitrogens with one attached hydrogen (secondary N) is 1. The van der Waals surface area contributed by atoms with Crippen molar-refractivity contribution in [1.82, 2.24) is 5.43 Å². The molecular formula is C29H23BrN2O5. The van der Waals surface area contributed by atoms with E-state index < -0.39 is 11.9 Å². The summed E-state index contributed by atoms with van der Waals surface area (Å²) in [6.45, 7) is 0.284. The molecule has 0 aliphatic rings. The Labute approximate surface area is 222 Å². The highest BCUT2D eigenvalue weighted by Crippen LogP contribution is 2.20. The number of hydrogen-bond acceptors (Lipinski definition) is 6. The van der Waals surface area contributed by atoms with E-state index in [0.717, 1.165) is 5.56 Å². The molecule has 0 unspecified atom stereocenters. The molecule has 0 saturated carbocycles. The summed E-state index contributed by atoms with van der Waals surface area (Å²) in [4.78, 5) is 24.3. The van der Waals surface area contributed by atoms with Crippen molar-refractivity contribution in [2.24, 2.45) is 5.10 Å². The molecule has 4 aromatic rings. The molecule has 0 atom stereocenters. The molecule has 1 N–H and O–H groups in total. The van der Waals surface area contributed by atoms with Crippen molar-refractivity contribution in [3.63, 3.8) is 0 Å². The maximum Gasteiger partial charge on any atom is 0.344 e. The monoisotopic (exact) mass is 558 g/mol. The summed E-state index contributed by atoms with van der Waals surface area (Å²) in [6.07, 6.45) is 1.48. The lowest BCUT2D eigenvalue weighted by Gasteiger charge is -2.08. The quantitative estimate of drug-likeness (QED) is 0.115. The number of hydrogen-bond donors (Lipinski definition) is 1. The van der Waals surface area contributed by atoms with Crippen LogP contribution in [0.5, 0.6) is 17.2 Å². The van der Waals surface area contributed by atoms with Gasteiger partial charge in [-0.25, -0.2) is 10.2 Å². The lowest BCUT2D eigenvalue weighted by molar-refractivity contribution is -0.123. The molecule has 0 heterocycles. The number of hydrazone groups is 1. The van der Waals surface area contributed by atoms with Gasteiger partial charge in [0.25, 0.3) is 5.91 Å². The van der Waals surface area contributed by atoms with Crippen LogP contribution in [0.4, 0.5) is 0 Å². The van der Waals surface area contributed by atoms with Gasteiger partial charge in [-0.1, -0.05) is 42.5 Å². The highest BCUT2D eigenvalue weighted by molar-refractivity contribution is 9.10. The fourth-order valence-electron chi connectivity index (χ4n) is 3.14. The van der Waals surface area contributed by atoms with E-state index in [1.807, 2.05) is 36.4 Å². The molecule has 0 saturated heterocycles. The summed E-state index contributed by atoms with van der Waals surface area (Å²) in [5.41, 5.74) is 4.65. The van der Waals surface area contributed by atoms with Crippen LogP contribution >= 0.6 is 15.9 Å². The lowest BCUT2D eigenvalue weighted by Crippen LogP contribution is -2.24. The van der Waals surface area contributed by atoms with E-state index in [4.69, 9.17) is 14.2 Å². The first kappa shape index (κ1) is 25.7. The smallest absolute Gasteiger partial charge is 0.344 e. The van der Waals surface area contributed by atoms with E-state index in [1.165, 1.54) is 6.21 Å². The van der Waals surface area contributed by atoms with Crippen LogP contribution in [0.1, 0.15) is 21.5 Å².